The molecule has 11 unspecified atom stereocenters. The van der Waals surface area contributed by atoms with Gasteiger partial charge in [-0.3, -0.25) is 86.3 Å². The molecule has 11 atom stereocenters. The lowest BCUT2D eigenvalue weighted by molar-refractivity contribution is -0.192. The first kappa shape index (κ1) is 144. The average molecular weight is 2120 g/mol. The molecule has 2 aromatic rings. The van der Waals surface area contributed by atoms with Crippen molar-refractivity contribution in [2.45, 2.75) is 475 Å². The highest BCUT2D eigenvalue weighted by Gasteiger charge is 2.49. The molecule has 2 saturated carbocycles. The lowest BCUT2D eigenvalue weighted by Gasteiger charge is -2.34. The summed E-state index contributed by atoms with van der Waals surface area (Å²) >= 11 is 1.50. The van der Waals surface area contributed by atoms with Crippen LogP contribution in [-0.4, -0.2) is 236 Å². The highest BCUT2D eigenvalue weighted by molar-refractivity contribution is 7.98. The van der Waals surface area contributed by atoms with Crippen molar-refractivity contribution in [1.29, 1.82) is 0 Å². The van der Waals surface area contributed by atoms with Crippen molar-refractivity contribution in [3.05, 3.63) is 71.8 Å². The Labute approximate surface area is 894 Å². The molecular formula is C114H192F2N12O20S. The molecule has 6 amide bonds. The Morgan fingerprint density at radius 2 is 0.792 bits per heavy atom. The maximum Gasteiger partial charge on any atom is 0.373 e. The van der Waals surface area contributed by atoms with E-state index in [0.717, 1.165) is 88.2 Å². The molecule has 32 nitrogen and oxygen atoms in total. The van der Waals surface area contributed by atoms with Crippen LogP contribution in [0.5, 0.6) is 0 Å². The predicted octanol–water partition coefficient (Wildman–Crippen LogP) is 14.9. The van der Waals surface area contributed by atoms with E-state index in [4.69, 9.17) is 9.59 Å². The summed E-state index contributed by atoms with van der Waals surface area (Å²) in [6.45, 7) is 59.8. The summed E-state index contributed by atoms with van der Waals surface area (Å²) in [5, 5.41) is 34.0. The predicted molar refractivity (Wildman–Crippen MR) is 586 cm³/mol. The molecule has 0 aliphatic heterocycles. The van der Waals surface area contributed by atoms with Crippen molar-refractivity contribution in [2.75, 3.05) is 31.6 Å². The van der Waals surface area contributed by atoms with Gasteiger partial charge in [0.1, 0.15) is 17.3 Å². The zero-order valence-corrected chi connectivity index (χ0v) is 97.4. The SMILES string of the molecule is CC(C)NC(=O)C(=O)C(NC(C)(C)C)C1CCCCC1.CCCC(NC(C)(C)C)C(=O)C(=O)NCC(=O)CC(C(C)=O)C(C)CC.CCCC(NC(C)(C)C)C(=O)C(=O)NCC(=O)CC(C(C)=O)c1ccccc1.CCCC(NC(C)(C)C)C(F)(F)C(=O)NC1CC1.CCCCC(CC(=O)CNC(=O)C(=O)C(CCC)NC(C)(C)C)C(C)=O.CSCC(NC(C)(C)C)C(=O)C(=O)NC(Cc1ccccc1)C(=O)CC(C)C.O=C=O. The van der Waals surface area contributed by atoms with Crippen LogP contribution in [0.4, 0.5) is 8.78 Å². The molecule has 0 radical (unpaired) electrons. The summed E-state index contributed by atoms with van der Waals surface area (Å²) in [5.41, 5.74) is -0.0905. The van der Waals surface area contributed by atoms with E-state index in [1.807, 2.05) is 256 Å². The minimum absolute atomic E-state index is 0.00640. The van der Waals surface area contributed by atoms with Crippen LogP contribution in [0.15, 0.2) is 60.7 Å². The molecule has 0 saturated heterocycles. The highest BCUT2D eigenvalue weighted by atomic mass is 32.2. The second-order valence-electron chi connectivity index (χ2n) is 46.2. The van der Waals surface area contributed by atoms with Gasteiger partial charge in [0, 0.05) is 94.5 Å². The number of Topliss-reactive ketones (excluding diaryl/α,β-unsaturated/α-hetero) is 12. The van der Waals surface area contributed by atoms with E-state index in [2.05, 4.69) is 63.8 Å². The molecule has 4 rings (SSSR count). The Morgan fingerprint density at radius 3 is 1.14 bits per heavy atom. The van der Waals surface area contributed by atoms with Gasteiger partial charge in [-0.15, -0.1) is 0 Å². The Bertz CT molecular complexity index is 4490. The molecule has 35 heteroatoms. The van der Waals surface area contributed by atoms with Gasteiger partial charge >= 0.3 is 12.1 Å². The number of rotatable bonds is 58. The molecule has 2 fully saturated rings. The number of halogens is 2. The van der Waals surface area contributed by atoms with Crippen molar-refractivity contribution >= 4 is 123 Å². The molecule has 2 aromatic carbocycles. The molecule has 0 heterocycles. The smallest absolute Gasteiger partial charge is 0.348 e. The summed E-state index contributed by atoms with van der Waals surface area (Å²) in [6.07, 6.45) is 18.5. The number of unbranched alkanes of at least 4 members (excludes halogenated alkanes) is 1. The van der Waals surface area contributed by atoms with E-state index in [1.54, 1.807) is 12.1 Å². The lowest BCUT2D eigenvalue weighted by atomic mass is 9.81. The monoisotopic (exact) mass is 2120 g/mol. The van der Waals surface area contributed by atoms with E-state index in [0.29, 0.717) is 50.7 Å². The Morgan fingerprint density at radius 1 is 0.409 bits per heavy atom. The number of ketones is 12. The summed E-state index contributed by atoms with van der Waals surface area (Å²) in [7, 11) is 0. The van der Waals surface area contributed by atoms with Crippen molar-refractivity contribution in [3.8, 4) is 0 Å². The number of amides is 6. The maximum absolute atomic E-state index is 14.1. The normalized spacial score (nSPS) is 15.0. The fourth-order valence-electron chi connectivity index (χ4n) is 16.1. The number of carbonyl (C=O) groups excluding carboxylic acids is 20. The fraction of sp³-hybridized carbons (Fsp3) is 0.728. The van der Waals surface area contributed by atoms with E-state index in [1.165, 1.54) is 39.0 Å². The van der Waals surface area contributed by atoms with E-state index in [9.17, 15) is 95.1 Å². The van der Waals surface area contributed by atoms with Gasteiger partial charge in [0.2, 0.25) is 28.9 Å². The van der Waals surface area contributed by atoms with Gasteiger partial charge in [-0.05, 0) is 259 Å². The van der Waals surface area contributed by atoms with Crippen molar-refractivity contribution < 1.29 is 105 Å². The number of nitrogens with one attached hydrogen (secondary N) is 12. The first-order valence-corrected chi connectivity index (χ1v) is 54.9. The van der Waals surface area contributed by atoms with Crippen LogP contribution in [0.3, 0.4) is 0 Å². The van der Waals surface area contributed by atoms with E-state index in [-0.39, 0.29) is 173 Å². The Hall–Kier alpha value is -9.35. The van der Waals surface area contributed by atoms with Gasteiger partial charge in [-0.25, -0.2) is 0 Å². The van der Waals surface area contributed by atoms with E-state index < -0.39 is 112 Å². The van der Waals surface area contributed by atoms with Gasteiger partial charge in [0.15, 0.2) is 23.1 Å². The minimum atomic E-state index is -3.36. The fourth-order valence-corrected chi connectivity index (χ4v) is 16.7. The third-order valence-corrected chi connectivity index (χ3v) is 24.1. The van der Waals surface area contributed by atoms with Crippen LogP contribution in [-0.2, 0) is 102 Å². The highest BCUT2D eigenvalue weighted by Crippen LogP contribution is 2.31. The number of benzene rings is 2. The van der Waals surface area contributed by atoms with Gasteiger partial charge in [0.05, 0.1) is 61.9 Å². The summed E-state index contributed by atoms with van der Waals surface area (Å²) in [6, 6.07) is 14.1. The van der Waals surface area contributed by atoms with Crippen molar-refractivity contribution in [2.24, 2.45) is 29.6 Å². The summed E-state index contributed by atoms with van der Waals surface area (Å²) < 4.78 is 28.2. The zero-order valence-electron chi connectivity index (χ0n) is 96.6. The molecule has 0 aromatic heterocycles. The van der Waals surface area contributed by atoms with Crippen LogP contribution in [0.1, 0.15) is 386 Å². The van der Waals surface area contributed by atoms with E-state index >= 15 is 0 Å². The number of hydrogen-bond acceptors (Lipinski definition) is 27. The molecule has 0 spiro atoms. The van der Waals surface area contributed by atoms with Gasteiger partial charge in [-0.2, -0.15) is 30.1 Å². The van der Waals surface area contributed by atoms with Crippen LogP contribution in [0.2, 0.25) is 0 Å². The van der Waals surface area contributed by atoms with Gasteiger partial charge < -0.3 is 63.8 Å². The molecule has 149 heavy (non-hydrogen) atoms. The second kappa shape index (κ2) is 73.0. The Kier molecular flexibility index (Phi) is 70.5. The number of alkyl halides is 2. The molecule has 2 aliphatic carbocycles. The first-order chi connectivity index (χ1) is 68.8. The largest absolute Gasteiger partial charge is 0.373 e. The van der Waals surface area contributed by atoms with Crippen LogP contribution >= 0.6 is 11.8 Å². The number of thioether (sulfide) groups is 1. The van der Waals surface area contributed by atoms with Crippen molar-refractivity contribution in [1.82, 2.24) is 63.8 Å². The maximum atomic E-state index is 14.1. The molecule has 0 bridgehead atoms. The van der Waals surface area contributed by atoms with Gasteiger partial charge in [0.25, 0.3) is 35.4 Å². The summed E-state index contributed by atoms with van der Waals surface area (Å²) in [4.78, 5) is 236. The average Bonchev–Trinajstić information content (AvgIpc) is 1.80. The minimum Gasteiger partial charge on any atom is -0.348 e. The lowest BCUT2D eigenvalue weighted by Crippen LogP contribution is -2.58. The Balaban J connectivity index is -0.00000172. The zero-order chi connectivity index (χ0) is 115. The summed E-state index contributed by atoms with van der Waals surface area (Å²) in [5.74, 6) is -11.5. The van der Waals surface area contributed by atoms with Crippen LogP contribution in [0.25, 0.3) is 0 Å². The van der Waals surface area contributed by atoms with Crippen LogP contribution in [0, 0.1) is 29.6 Å². The molecule has 848 valence electrons. The number of hydrogen-bond donors (Lipinski definition) is 12. The van der Waals surface area contributed by atoms with Crippen molar-refractivity contribution in [3.63, 3.8) is 0 Å². The third kappa shape index (κ3) is 67.6. The molecular weight excluding hydrogens is 1930 g/mol. The van der Waals surface area contributed by atoms with Crippen LogP contribution < -0.4 is 63.8 Å². The second-order valence-corrected chi connectivity index (χ2v) is 47.1. The third-order valence-electron chi connectivity index (χ3n) is 23.4. The first-order valence-electron chi connectivity index (χ1n) is 53.5. The number of carbonyl (C=O) groups is 18. The topological polar surface area (TPSA) is 486 Å². The molecule has 12 N–H and O–H groups in total. The molecule has 2 aliphatic rings. The van der Waals surface area contributed by atoms with Gasteiger partial charge in [-0.1, -0.05) is 187 Å². The standard InChI is InChI=1S/C22H32N2O4.C22H34N2O3S.2C20H36N2O4.C16H30N2O2.C13H24F2N2O.CO2/c1-6-10-19(24-22(3,4)5)20(27)21(28)23-14-17(26)13-18(15(2)25)16-11-8-7-9-12-16;1-15(2)12-19(25)17(13-16-10-8-7-9-11-16)23-21(27)20(26)18(14-28-6)24-22(3,4)5;1-8-10-17(22-20(5,6)7)18(25)19(26)21-12-15(24)11-16(14(4)23)13(3)9-2;1-7-9-11-15(14(3)23)12-16(24)13-21-19(26)18(25)17(10-8-2)22-20(4,5)6;1-11(2)17-15(20)14(19)13(18-16(3,4)5)12-9-7-6-8-10-12;1-5-6-10(17-12(2,3)4)13(14,15)11(18)16-9-7-8-9;2-1-3/h7-9,11-12,18-19,24H,6,10,13-14H2,1-5H3,(H,23,28);7-11,15,17-18,24H,12-14H2,1-6H3,(H,23,27);13,16-17,22H,8-12H2,1-7H3,(H,21,26);15,17,22H,7-13H2,1-6H3,(H,21,26);11-13,18H,6-10H2,1-5H3,(H,17,20);9-10,17H,5-8H2,1-4H3,(H,16,18);. The quantitative estimate of drug-likeness (QED) is 0.0274.